The molecule has 12 heteroatoms. The highest BCUT2D eigenvalue weighted by molar-refractivity contribution is 7.23. The van der Waals surface area contributed by atoms with Crippen molar-refractivity contribution in [3.8, 4) is 31.3 Å². The van der Waals surface area contributed by atoms with Crippen LogP contribution in [0, 0.1) is 24.8 Å². The van der Waals surface area contributed by atoms with E-state index in [-0.39, 0.29) is 11.3 Å². The highest BCUT2D eigenvalue weighted by Gasteiger charge is 2.16. The Morgan fingerprint density at radius 2 is 1.10 bits per heavy atom. The molecule has 0 saturated carbocycles. The molecule has 7 aromatic rings. The summed E-state index contributed by atoms with van der Waals surface area (Å²) in [6.07, 6.45) is 21.3. The molecule has 348 valence electrons. The van der Waals surface area contributed by atoms with Crippen molar-refractivity contribution in [2.45, 2.75) is 65.2 Å². The van der Waals surface area contributed by atoms with Gasteiger partial charge in [-0.25, -0.2) is 9.64 Å². The lowest BCUT2D eigenvalue weighted by Gasteiger charge is -2.27. The molecule has 0 aliphatic carbocycles. The minimum Gasteiger partial charge on any atom is -0.494 e. The molecule has 0 amide bonds. The molecule has 0 saturated heterocycles. The lowest BCUT2D eigenvalue weighted by Crippen LogP contribution is -2.11. The summed E-state index contributed by atoms with van der Waals surface area (Å²) >= 11 is 6.21. The fraction of sp³-hybridized carbons (Fsp3) is 0.193. The van der Waals surface area contributed by atoms with E-state index in [4.69, 9.17) is 16.6 Å². The SMILES string of the molecule is [C-]#[N+]/C(=C\c1ccc(-c2ccc(/C=C/c3ccc(N(c4ccc(/C=C/c5ccc(-c6ccc(/C=C(\C#N)C(=O)O)s6)s5)cc4)c4ccc(OCCCCCCCCCC)cc4C)cc3)s2)s1)C(=O)O. The third-order valence-corrected chi connectivity index (χ3v) is 15.7. The Labute approximate surface area is 420 Å². The van der Waals surface area contributed by atoms with Crippen LogP contribution in [0.2, 0.25) is 0 Å². The topological polar surface area (TPSA) is 115 Å². The van der Waals surface area contributed by atoms with E-state index in [1.807, 2.05) is 24.3 Å². The summed E-state index contributed by atoms with van der Waals surface area (Å²) in [5.74, 6) is -1.59. The maximum Gasteiger partial charge on any atom is 0.346 e. The average Bonchev–Trinajstić information content (AvgIpc) is 4.21. The first-order valence-corrected chi connectivity index (χ1v) is 26.0. The number of anilines is 3. The summed E-state index contributed by atoms with van der Waals surface area (Å²) in [5.41, 5.74) is 5.70. The second kappa shape index (κ2) is 24.8. The number of aryl methyl sites for hydroxylation is 1. The lowest BCUT2D eigenvalue weighted by molar-refractivity contribution is -0.133. The number of ether oxygens (including phenoxy) is 1. The fourth-order valence-electron chi connectivity index (χ4n) is 7.48. The Balaban J connectivity index is 1.06. The van der Waals surface area contributed by atoms with Crippen LogP contribution in [-0.2, 0) is 9.59 Å². The van der Waals surface area contributed by atoms with E-state index in [0.717, 1.165) is 80.1 Å². The molecule has 4 aromatic heterocycles. The molecule has 0 atom stereocenters. The second-order valence-corrected chi connectivity index (χ2v) is 20.6. The highest BCUT2D eigenvalue weighted by atomic mass is 32.1. The molecule has 3 aromatic carbocycles. The van der Waals surface area contributed by atoms with Gasteiger partial charge in [-0.15, -0.1) is 45.3 Å². The number of thiophene rings is 4. The van der Waals surface area contributed by atoms with Crippen LogP contribution in [0.3, 0.4) is 0 Å². The average molecular weight is 986 g/mol. The number of carbonyl (C=O) groups is 2. The molecule has 0 fully saturated rings. The van der Waals surface area contributed by atoms with Crippen LogP contribution >= 0.6 is 45.3 Å². The number of rotatable bonds is 23. The molecule has 0 radical (unpaired) electrons. The largest absolute Gasteiger partial charge is 0.494 e. The second-order valence-electron chi connectivity index (χ2n) is 16.2. The van der Waals surface area contributed by atoms with E-state index >= 15 is 0 Å². The van der Waals surface area contributed by atoms with Crippen molar-refractivity contribution in [2.75, 3.05) is 11.5 Å². The predicted molar refractivity (Wildman–Crippen MR) is 291 cm³/mol. The number of carboxylic acid groups (broad SMARTS) is 2. The van der Waals surface area contributed by atoms with Gasteiger partial charge in [0.15, 0.2) is 0 Å². The summed E-state index contributed by atoms with van der Waals surface area (Å²) < 4.78 is 6.25. The maximum absolute atomic E-state index is 11.3. The lowest BCUT2D eigenvalue weighted by atomic mass is 10.1. The summed E-state index contributed by atoms with van der Waals surface area (Å²) in [6, 6.07) is 41.0. The Morgan fingerprint density at radius 3 is 1.57 bits per heavy atom. The molecule has 0 spiro atoms. The van der Waals surface area contributed by atoms with Gasteiger partial charge in [-0.2, -0.15) is 5.26 Å². The molecule has 2 N–H and O–H groups in total. The van der Waals surface area contributed by atoms with Crippen molar-refractivity contribution >= 4 is 111 Å². The number of nitriles is 1. The van der Waals surface area contributed by atoms with Crippen molar-refractivity contribution in [1.82, 2.24) is 0 Å². The zero-order chi connectivity index (χ0) is 48.5. The summed E-state index contributed by atoms with van der Waals surface area (Å²) in [4.78, 5) is 35.8. The van der Waals surface area contributed by atoms with E-state index < -0.39 is 11.9 Å². The van der Waals surface area contributed by atoms with Crippen molar-refractivity contribution in [1.29, 1.82) is 5.26 Å². The molecular formula is C57H51N3O5S4. The number of carboxylic acids is 2. The van der Waals surface area contributed by atoms with E-state index in [1.54, 1.807) is 28.7 Å². The van der Waals surface area contributed by atoms with Crippen molar-refractivity contribution in [3.63, 3.8) is 0 Å². The quantitative estimate of drug-likeness (QED) is 0.0284. The molecule has 0 unspecified atom stereocenters. The van der Waals surface area contributed by atoms with Crippen LogP contribution in [0.15, 0.2) is 127 Å². The van der Waals surface area contributed by atoms with Crippen LogP contribution in [-0.4, -0.2) is 28.8 Å². The first-order chi connectivity index (χ1) is 33.6. The van der Waals surface area contributed by atoms with Gasteiger partial charge in [0.2, 0.25) is 0 Å². The molecule has 69 heavy (non-hydrogen) atoms. The maximum atomic E-state index is 11.3. The van der Waals surface area contributed by atoms with E-state index in [1.165, 1.54) is 79.8 Å². The molecule has 4 heterocycles. The monoisotopic (exact) mass is 985 g/mol. The van der Waals surface area contributed by atoms with Crippen molar-refractivity contribution in [2.24, 2.45) is 0 Å². The summed E-state index contributed by atoms with van der Waals surface area (Å²) in [6.45, 7) is 12.2. The van der Waals surface area contributed by atoms with Gasteiger partial charge in [0, 0.05) is 56.1 Å². The Morgan fingerprint density at radius 1 is 0.623 bits per heavy atom. The van der Waals surface area contributed by atoms with Crippen molar-refractivity contribution < 1.29 is 24.5 Å². The minimum atomic E-state index is -1.23. The third-order valence-electron chi connectivity index (χ3n) is 11.1. The molecule has 0 bridgehead atoms. The zero-order valence-electron chi connectivity index (χ0n) is 38.4. The van der Waals surface area contributed by atoms with Gasteiger partial charge >= 0.3 is 11.9 Å². The van der Waals surface area contributed by atoms with Crippen LogP contribution in [0.1, 0.15) is 94.5 Å². The fourth-order valence-corrected chi connectivity index (χ4v) is 11.4. The van der Waals surface area contributed by atoms with Gasteiger partial charge in [-0.05, 0) is 145 Å². The first-order valence-electron chi connectivity index (χ1n) is 22.8. The Bertz CT molecular complexity index is 2900. The van der Waals surface area contributed by atoms with Crippen molar-refractivity contribution in [3.05, 3.63) is 174 Å². The zero-order valence-corrected chi connectivity index (χ0v) is 41.7. The number of benzene rings is 3. The molecule has 0 aliphatic rings. The van der Waals surface area contributed by atoms with E-state index in [0.29, 0.717) is 11.5 Å². The third kappa shape index (κ3) is 14.0. The molecular weight excluding hydrogens is 935 g/mol. The van der Waals surface area contributed by atoms with Gasteiger partial charge in [0.1, 0.15) is 17.4 Å². The highest BCUT2D eigenvalue weighted by Crippen LogP contribution is 2.40. The Hall–Kier alpha value is -7.06. The Kier molecular flexibility index (Phi) is 17.9. The van der Waals surface area contributed by atoms with Gasteiger partial charge in [-0.1, -0.05) is 88.3 Å². The van der Waals surface area contributed by atoms with Crippen LogP contribution in [0.5, 0.6) is 5.75 Å². The first kappa shape index (κ1) is 49.8. The number of hydrogen-bond donors (Lipinski definition) is 2. The molecule has 0 aliphatic heterocycles. The number of nitrogens with zero attached hydrogens (tertiary/aromatic N) is 3. The standard InChI is InChI=1S/C57H51N3O5S4/c1-4-5-6-7-8-9-10-11-34-65-45-22-29-51(39(2)35-45)60(43-18-12-40(13-19-43)16-23-46-25-30-52(66-46)54-32-27-48(68-54)36-42(38-58)56(61)62)44-20-14-41(15-21-44)17-24-47-26-31-53(67-47)55-33-28-49(69-55)37-50(59-3)57(63)64/h12-33,35-37H,4-11,34H2,1-2H3,(H,61,62)(H,63,64)/b23-16+,24-17+,42-36+,50-37-. The summed E-state index contributed by atoms with van der Waals surface area (Å²) in [7, 11) is 0. The number of aliphatic carboxylic acids is 2. The minimum absolute atomic E-state index is 0.289. The van der Waals surface area contributed by atoms with Gasteiger partial charge in [-0.3, -0.25) is 4.79 Å². The van der Waals surface area contributed by atoms with Gasteiger partial charge in [0.25, 0.3) is 5.70 Å². The normalized spacial score (nSPS) is 11.8. The smallest absolute Gasteiger partial charge is 0.346 e. The van der Waals surface area contributed by atoms with Gasteiger partial charge in [0.05, 0.1) is 13.2 Å². The molecule has 7 rings (SSSR count). The summed E-state index contributed by atoms with van der Waals surface area (Å²) in [5, 5.41) is 27.6. The van der Waals surface area contributed by atoms with E-state index in [9.17, 15) is 19.8 Å². The predicted octanol–water partition coefficient (Wildman–Crippen LogP) is 17.2. The number of unbranched alkanes of at least 4 members (excludes halogenated alkanes) is 7. The van der Waals surface area contributed by atoms with Crippen LogP contribution < -0.4 is 9.64 Å². The van der Waals surface area contributed by atoms with Crippen LogP contribution in [0.4, 0.5) is 17.1 Å². The van der Waals surface area contributed by atoms with Gasteiger partial charge < -0.3 is 19.8 Å². The van der Waals surface area contributed by atoms with Crippen LogP contribution in [0.25, 0.3) is 60.8 Å². The molecule has 8 nitrogen and oxygen atoms in total. The van der Waals surface area contributed by atoms with E-state index in [2.05, 4.69) is 139 Å². The number of hydrogen-bond acceptors (Lipinski definition) is 9.